The van der Waals surface area contributed by atoms with Gasteiger partial charge in [0.2, 0.25) is 0 Å². The molecule has 8 heteroatoms. The number of aryl methyl sites for hydroxylation is 1. The number of carbonyl (C=O) groups is 2. The fourth-order valence-electron chi connectivity index (χ4n) is 2.31. The van der Waals surface area contributed by atoms with Gasteiger partial charge in [-0.2, -0.15) is 0 Å². The number of carboxylic acids is 1. The molecule has 1 heterocycles. The Labute approximate surface area is 139 Å². The van der Waals surface area contributed by atoms with Crippen molar-refractivity contribution >= 4 is 21.7 Å². The zero-order chi connectivity index (χ0) is 18.1. The third-order valence-electron chi connectivity index (χ3n) is 3.46. The maximum absolute atomic E-state index is 12.5. The average molecular weight is 351 g/mol. The van der Waals surface area contributed by atoms with E-state index in [-0.39, 0.29) is 28.3 Å². The fraction of sp³-hybridized carbons (Fsp3) is 0.250. The lowest BCUT2D eigenvalue weighted by Gasteiger charge is -2.17. The summed E-state index contributed by atoms with van der Waals surface area (Å²) in [7, 11) is -2.06. The number of rotatable bonds is 5. The van der Waals surface area contributed by atoms with Crippen LogP contribution >= 0.6 is 0 Å². The van der Waals surface area contributed by atoms with Crippen molar-refractivity contribution in [2.24, 2.45) is 0 Å². The first-order valence-corrected chi connectivity index (χ1v) is 8.87. The highest BCUT2D eigenvalue weighted by molar-refractivity contribution is 7.90. The number of amides is 1. The first kappa shape index (κ1) is 17.7. The third-order valence-corrected chi connectivity index (χ3v) is 4.61. The molecule has 0 fully saturated rings. The SMILES string of the molecule is Cc1oc(CN(C)C(=O)c2ccccc2S(C)(=O)=O)cc1C(=O)O. The van der Waals surface area contributed by atoms with Crippen LogP contribution in [0.15, 0.2) is 39.6 Å². The molecule has 0 atom stereocenters. The number of sulfone groups is 1. The van der Waals surface area contributed by atoms with Crippen LogP contribution in [0.4, 0.5) is 0 Å². The maximum Gasteiger partial charge on any atom is 0.339 e. The summed E-state index contributed by atoms with van der Waals surface area (Å²) in [6, 6.07) is 7.28. The van der Waals surface area contributed by atoms with Crippen LogP contribution in [0.2, 0.25) is 0 Å². The first-order valence-electron chi connectivity index (χ1n) is 6.98. The summed E-state index contributed by atoms with van der Waals surface area (Å²) < 4.78 is 29.0. The van der Waals surface area contributed by atoms with Crippen molar-refractivity contribution in [1.82, 2.24) is 4.90 Å². The van der Waals surface area contributed by atoms with Crippen LogP contribution < -0.4 is 0 Å². The lowest BCUT2D eigenvalue weighted by molar-refractivity contribution is 0.0694. The van der Waals surface area contributed by atoms with Crippen molar-refractivity contribution in [2.75, 3.05) is 13.3 Å². The lowest BCUT2D eigenvalue weighted by atomic mass is 10.2. The molecule has 1 aromatic heterocycles. The minimum atomic E-state index is -3.55. The molecule has 0 spiro atoms. The van der Waals surface area contributed by atoms with E-state index in [0.29, 0.717) is 5.76 Å². The van der Waals surface area contributed by atoms with Gasteiger partial charge in [0.15, 0.2) is 9.84 Å². The molecule has 7 nitrogen and oxygen atoms in total. The monoisotopic (exact) mass is 351 g/mol. The van der Waals surface area contributed by atoms with E-state index in [1.165, 1.54) is 37.1 Å². The van der Waals surface area contributed by atoms with Crippen LogP contribution in [0.1, 0.15) is 32.2 Å². The molecular formula is C16H17NO6S. The van der Waals surface area contributed by atoms with E-state index < -0.39 is 21.7 Å². The normalized spacial score (nSPS) is 11.3. The van der Waals surface area contributed by atoms with Crippen LogP contribution in [-0.4, -0.2) is 43.6 Å². The molecule has 0 saturated carbocycles. The second-order valence-corrected chi connectivity index (χ2v) is 7.40. The predicted molar refractivity (Wildman–Crippen MR) is 85.8 cm³/mol. The predicted octanol–water partition coefficient (Wildman–Crippen LogP) is 1.96. The summed E-state index contributed by atoms with van der Waals surface area (Å²) in [6.07, 6.45) is 1.04. The Bertz CT molecular complexity index is 897. The molecule has 0 aliphatic rings. The van der Waals surface area contributed by atoms with Crippen molar-refractivity contribution in [3.63, 3.8) is 0 Å². The number of benzene rings is 1. The van der Waals surface area contributed by atoms with Crippen LogP contribution in [-0.2, 0) is 16.4 Å². The number of furan rings is 1. The summed E-state index contributed by atoms with van der Waals surface area (Å²) >= 11 is 0. The molecular weight excluding hydrogens is 334 g/mol. The van der Waals surface area contributed by atoms with Gasteiger partial charge in [-0.15, -0.1) is 0 Å². The lowest BCUT2D eigenvalue weighted by Crippen LogP contribution is -2.27. The van der Waals surface area contributed by atoms with Gasteiger partial charge in [0.25, 0.3) is 5.91 Å². The summed E-state index contributed by atoms with van der Waals surface area (Å²) in [4.78, 5) is 24.8. The topological polar surface area (TPSA) is 105 Å². The maximum atomic E-state index is 12.5. The molecule has 128 valence electrons. The zero-order valence-corrected chi connectivity index (χ0v) is 14.3. The van der Waals surface area contributed by atoms with E-state index >= 15 is 0 Å². The minimum absolute atomic E-state index is 0.0189. The van der Waals surface area contributed by atoms with Crippen LogP contribution in [0.5, 0.6) is 0 Å². The second-order valence-electron chi connectivity index (χ2n) is 5.42. The molecule has 1 N–H and O–H groups in total. The Hall–Kier alpha value is -2.61. The number of hydrogen-bond acceptors (Lipinski definition) is 5. The van der Waals surface area contributed by atoms with Crippen LogP contribution in [0, 0.1) is 6.92 Å². The second kappa shape index (κ2) is 6.48. The van der Waals surface area contributed by atoms with Gasteiger partial charge in [0.1, 0.15) is 17.1 Å². The third kappa shape index (κ3) is 3.65. The van der Waals surface area contributed by atoms with Crippen LogP contribution in [0.25, 0.3) is 0 Å². The minimum Gasteiger partial charge on any atom is -0.478 e. The van der Waals surface area contributed by atoms with E-state index in [4.69, 9.17) is 9.52 Å². The van der Waals surface area contributed by atoms with Crippen molar-refractivity contribution in [3.8, 4) is 0 Å². The Morgan fingerprint density at radius 1 is 1.21 bits per heavy atom. The molecule has 0 bridgehead atoms. The molecule has 0 aliphatic heterocycles. The summed E-state index contributed by atoms with van der Waals surface area (Å²) in [5, 5.41) is 9.02. The van der Waals surface area contributed by atoms with Crippen LogP contribution in [0.3, 0.4) is 0 Å². The van der Waals surface area contributed by atoms with Gasteiger partial charge in [-0.05, 0) is 25.1 Å². The van der Waals surface area contributed by atoms with Gasteiger partial charge in [-0.25, -0.2) is 13.2 Å². The number of nitrogens with zero attached hydrogens (tertiary/aromatic N) is 1. The van der Waals surface area contributed by atoms with Gasteiger partial charge in [-0.3, -0.25) is 4.79 Å². The molecule has 0 unspecified atom stereocenters. The van der Waals surface area contributed by atoms with Gasteiger partial charge in [0, 0.05) is 13.3 Å². The molecule has 1 amide bonds. The van der Waals surface area contributed by atoms with E-state index in [1.807, 2.05) is 0 Å². The molecule has 2 rings (SSSR count). The number of carbonyl (C=O) groups excluding carboxylic acids is 1. The first-order chi connectivity index (χ1) is 11.1. The number of aromatic carboxylic acids is 1. The van der Waals surface area contributed by atoms with Gasteiger partial charge in [-0.1, -0.05) is 12.1 Å². The van der Waals surface area contributed by atoms with Crippen molar-refractivity contribution in [2.45, 2.75) is 18.4 Å². The zero-order valence-electron chi connectivity index (χ0n) is 13.4. The highest BCUT2D eigenvalue weighted by Gasteiger charge is 2.22. The van der Waals surface area contributed by atoms with E-state index in [0.717, 1.165) is 6.26 Å². The quantitative estimate of drug-likeness (QED) is 0.883. The number of carboxylic acid groups (broad SMARTS) is 1. The van der Waals surface area contributed by atoms with Crippen molar-refractivity contribution in [3.05, 3.63) is 53.0 Å². The molecule has 0 radical (unpaired) electrons. The number of hydrogen-bond donors (Lipinski definition) is 1. The smallest absolute Gasteiger partial charge is 0.339 e. The summed E-state index contributed by atoms with van der Waals surface area (Å²) in [6.45, 7) is 1.54. The van der Waals surface area contributed by atoms with Gasteiger partial charge in [0.05, 0.1) is 17.0 Å². The molecule has 1 aromatic carbocycles. The molecule has 0 saturated heterocycles. The van der Waals surface area contributed by atoms with Crippen molar-refractivity contribution < 1.29 is 27.5 Å². The Morgan fingerprint density at radius 2 is 1.83 bits per heavy atom. The summed E-state index contributed by atoms with van der Waals surface area (Å²) in [5.74, 6) is -1.06. The average Bonchev–Trinajstić information content (AvgIpc) is 2.86. The van der Waals surface area contributed by atoms with Gasteiger partial charge < -0.3 is 14.4 Å². The summed E-state index contributed by atoms with van der Waals surface area (Å²) in [5.41, 5.74) is 0.0895. The van der Waals surface area contributed by atoms with Crippen molar-refractivity contribution in [1.29, 1.82) is 0 Å². The standard InChI is InChI=1S/C16H17NO6S/c1-10-13(16(19)20)8-11(23-10)9-17(2)15(18)12-6-4-5-7-14(12)24(3,21)22/h4-8H,9H2,1-3H3,(H,19,20). The Kier molecular flexibility index (Phi) is 4.79. The molecule has 2 aromatic rings. The van der Waals surface area contributed by atoms with E-state index in [9.17, 15) is 18.0 Å². The fourth-order valence-corrected chi connectivity index (χ4v) is 3.19. The molecule has 24 heavy (non-hydrogen) atoms. The highest BCUT2D eigenvalue weighted by atomic mass is 32.2. The Morgan fingerprint density at radius 3 is 2.38 bits per heavy atom. The Balaban J connectivity index is 2.28. The van der Waals surface area contributed by atoms with Gasteiger partial charge >= 0.3 is 5.97 Å². The molecule has 0 aliphatic carbocycles. The van der Waals surface area contributed by atoms with E-state index in [2.05, 4.69) is 0 Å². The largest absolute Gasteiger partial charge is 0.478 e. The van der Waals surface area contributed by atoms with E-state index in [1.54, 1.807) is 12.1 Å². The highest BCUT2D eigenvalue weighted by Crippen LogP contribution is 2.20.